The maximum atomic E-state index is 11.7. The summed E-state index contributed by atoms with van der Waals surface area (Å²) in [6.45, 7) is 8.33. The Hall–Kier alpha value is -1.91. The molecule has 0 saturated heterocycles. The molecule has 0 aliphatic carbocycles. The van der Waals surface area contributed by atoms with Gasteiger partial charge in [-0.25, -0.2) is 0 Å². The average molecular weight is 279 g/mol. The third-order valence-corrected chi connectivity index (χ3v) is 2.91. The average Bonchev–Trinajstić information content (AvgIpc) is 2.44. The van der Waals surface area contributed by atoms with Crippen LogP contribution < -0.4 is 20.7 Å². The van der Waals surface area contributed by atoms with Gasteiger partial charge in [0.15, 0.2) is 0 Å². The van der Waals surface area contributed by atoms with E-state index in [-0.39, 0.29) is 5.91 Å². The molecule has 0 unspecified atom stereocenters. The van der Waals surface area contributed by atoms with Crippen LogP contribution in [0.15, 0.2) is 18.2 Å². The number of benzene rings is 1. The van der Waals surface area contributed by atoms with E-state index in [4.69, 9.17) is 10.5 Å². The Balaban J connectivity index is 2.83. The Labute approximate surface area is 121 Å². The molecule has 1 aromatic carbocycles. The van der Waals surface area contributed by atoms with E-state index in [1.807, 2.05) is 43.9 Å². The van der Waals surface area contributed by atoms with Crippen molar-refractivity contribution in [2.75, 3.05) is 36.9 Å². The van der Waals surface area contributed by atoms with Crippen molar-refractivity contribution in [1.82, 2.24) is 5.32 Å². The van der Waals surface area contributed by atoms with Crippen molar-refractivity contribution in [2.24, 2.45) is 0 Å². The van der Waals surface area contributed by atoms with Crippen LogP contribution in [-0.2, 0) is 4.79 Å². The van der Waals surface area contributed by atoms with Crippen molar-refractivity contribution in [2.45, 2.75) is 27.2 Å². The number of nitrogen functional groups attached to an aromatic ring is 1. The van der Waals surface area contributed by atoms with E-state index < -0.39 is 0 Å². The van der Waals surface area contributed by atoms with Crippen LogP contribution in [0.2, 0.25) is 0 Å². The van der Waals surface area contributed by atoms with Gasteiger partial charge in [0.1, 0.15) is 5.75 Å². The second-order valence-corrected chi connectivity index (χ2v) is 4.54. The van der Waals surface area contributed by atoms with Crippen molar-refractivity contribution in [1.29, 1.82) is 0 Å². The Morgan fingerprint density at radius 3 is 2.70 bits per heavy atom. The molecule has 112 valence electrons. The van der Waals surface area contributed by atoms with Crippen LogP contribution >= 0.6 is 0 Å². The number of carbonyl (C=O) groups excluding carboxylic acids is 1. The van der Waals surface area contributed by atoms with Crippen molar-refractivity contribution in [3.63, 3.8) is 0 Å². The maximum absolute atomic E-state index is 11.7. The molecular weight excluding hydrogens is 254 g/mol. The van der Waals surface area contributed by atoms with E-state index in [1.54, 1.807) is 0 Å². The Kier molecular flexibility index (Phi) is 6.70. The SMILES string of the molecule is CCCOc1cc(N(CC)CC(=O)NCC)ccc1N. The lowest BCUT2D eigenvalue weighted by Gasteiger charge is -2.23. The maximum Gasteiger partial charge on any atom is 0.239 e. The van der Waals surface area contributed by atoms with Gasteiger partial charge < -0.3 is 20.7 Å². The minimum atomic E-state index is 0.0159. The van der Waals surface area contributed by atoms with Crippen LogP contribution in [0.5, 0.6) is 5.75 Å². The molecule has 5 heteroatoms. The van der Waals surface area contributed by atoms with E-state index in [0.29, 0.717) is 31.1 Å². The lowest BCUT2D eigenvalue weighted by Crippen LogP contribution is -2.37. The number of hydrogen-bond donors (Lipinski definition) is 2. The fourth-order valence-electron chi connectivity index (χ4n) is 1.87. The van der Waals surface area contributed by atoms with Gasteiger partial charge in [0.2, 0.25) is 5.91 Å². The standard InChI is InChI=1S/C15H25N3O2/c1-4-9-20-14-10-12(7-8-13(14)16)18(6-3)11-15(19)17-5-2/h7-8,10H,4-6,9,11,16H2,1-3H3,(H,17,19). The van der Waals surface area contributed by atoms with Gasteiger partial charge in [-0.05, 0) is 32.4 Å². The highest BCUT2D eigenvalue weighted by atomic mass is 16.5. The fraction of sp³-hybridized carbons (Fsp3) is 0.533. The molecule has 1 amide bonds. The topological polar surface area (TPSA) is 67.6 Å². The molecule has 1 rings (SSSR count). The van der Waals surface area contributed by atoms with Crippen LogP contribution in [-0.4, -0.2) is 32.1 Å². The number of ether oxygens (including phenoxy) is 1. The monoisotopic (exact) mass is 279 g/mol. The number of carbonyl (C=O) groups is 1. The normalized spacial score (nSPS) is 10.2. The first-order chi connectivity index (χ1) is 9.62. The second kappa shape index (κ2) is 8.30. The van der Waals surface area contributed by atoms with Gasteiger partial charge >= 0.3 is 0 Å². The number of nitrogens with zero attached hydrogens (tertiary/aromatic N) is 1. The van der Waals surface area contributed by atoms with Crippen LogP contribution in [0.3, 0.4) is 0 Å². The third-order valence-electron chi connectivity index (χ3n) is 2.91. The number of hydrogen-bond acceptors (Lipinski definition) is 4. The first kappa shape index (κ1) is 16.1. The van der Waals surface area contributed by atoms with Crippen LogP contribution in [0.1, 0.15) is 27.2 Å². The predicted octanol–water partition coefficient (Wildman–Crippen LogP) is 2.02. The van der Waals surface area contributed by atoms with E-state index in [0.717, 1.165) is 18.7 Å². The zero-order valence-corrected chi connectivity index (χ0v) is 12.6. The molecule has 0 aliphatic heterocycles. The summed E-state index contributed by atoms with van der Waals surface area (Å²) in [6, 6.07) is 5.63. The quantitative estimate of drug-likeness (QED) is 0.714. The summed E-state index contributed by atoms with van der Waals surface area (Å²) in [5, 5.41) is 2.80. The smallest absolute Gasteiger partial charge is 0.239 e. The molecule has 0 aromatic heterocycles. The van der Waals surface area contributed by atoms with Gasteiger partial charge in [-0.15, -0.1) is 0 Å². The van der Waals surface area contributed by atoms with E-state index in [2.05, 4.69) is 5.32 Å². The van der Waals surface area contributed by atoms with Crippen LogP contribution in [0.25, 0.3) is 0 Å². The summed E-state index contributed by atoms with van der Waals surface area (Å²) in [6.07, 6.45) is 0.931. The van der Waals surface area contributed by atoms with E-state index in [1.165, 1.54) is 0 Å². The Bertz CT molecular complexity index is 435. The molecule has 0 atom stereocenters. The summed E-state index contributed by atoms with van der Waals surface area (Å²) in [5.41, 5.74) is 7.46. The van der Waals surface area contributed by atoms with Crippen LogP contribution in [0, 0.1) is 0 Å². The molecule has 0 saturated carbocycles. The lowest BCUT2D eigenvalue weighted by molar-refractivity contribution is -0.119. The molecule has 0 heterocycles. The predicted molar refractivity (Wildman–Crippen MR) is 83.2 cm³/mol. The zero-order valence-electron chi connectivity index (χ0n) is 12.6. The number of amides is 1. The molecule has 3 N–H and O–H groups in total. The minimum absolute atomic E-state index is 0.0159. The Morgan fingerprint density at radius 1 is 1.35 bits per heavy atom. The highest BCUT2D eigenvalue weighted by Crippen LogP contribution is 2.27. The minimum Gasteiger partial charge on any atom is -0.491 e. The number of rotatable bonds is 8. The molecule has 0 spiro atoms. The third kappa shape index (κ3) is 4.64. The molecular formula is C15H25N3O2. The Morgan fingerprint density at radius 2 is 2.10 bits per heavy atom. The van der Waals surface area contributed by atoms with Gasteiger partial charge in [0.25, 0.3) is 0 Å². The second-order valence-electron chi connectivity index (χ2n) is 4.54. The number of likely N-dealkylation sites (N-methyl/N-ethyl adjacent to an activating group) is 2. The number of anilines is 2. The van der Waals surface area contributed by atoms with Gasteiger partial charge in [0, 0.05) is 24.8 Å². The van der Waals surface area contributed by atoms with Crippen LogP contribution in [0.4, 0.5) is 11.4 Å². The van der Waals surface area contributed by atoms with Gasteiger partial charge in [-0.3, -0.25) is 4.79 Å². The van der Waals surface area contributed by atoms with Crippen molar-refractivity contribution >= 4 is 17.3 Å². The van der Waals surface area contributed by atoms with Crippen molar-refractivity contribution in [3.05, 3.63) is 18.2 Å². The zero-order chi connectivity index (χ0) is 15.0. The molecule has 20 heavy (non-hydrogen) atoms. The fourth-order valence-corrected chi connectivity index (χ4v) is 1.87. The van der Waals surface area contributed by atoms with Crippen molar-refractivity contribution in [3.8, 4) is 5.75 Å². The van der Waals surface area contributed by atoms with Crippen molar-refractivity contribution < 1.29 is 9.53 Å². The summed E-state index contributed by atoms with van der Waals surface area (Å²) < 4.78 is 5.62. The van der Waals surface area contributed by atoms with E-state index >= 15 is 0 Å². The largest absolute Gasteiger partial charge is 0.491 e. The summed E-state index contributed by atoms with van der Waals surface area (Å²) in [4.78, 5) is 13.7. The van der Waals surface area contributed by atoms with Gasteiger partial charge in [-0.1, -0.05) is 6.92 Å². The summed E-state index contributed by atoms with van der Waals surface area (Å²) >= 11 is 0. The van der Waals surface area contributed by atoms with Gasteiger partial charge in [0.05, 0.1) is 18.8 Å². The summed E-state index contributed by atoms with van der Waals surface area (Å²) in [5.74, 6) is 0.695. The molecule has 1 aromatic rings. The van der Waals surface area contributed by atoms with Gasteiger partial charge in [-0.2, -0.15) is 0 Å². The molecule has 0 radical (unpaired) electrons. The molecule has 0 fully saturated rings. The summed E-state index contributed by atoms with van der Waals surface area (Å²) in [7, 11) is 0. The number of nitrogens with one attached hydrogen (secondary N) is 1. The van der Waals surface area contributed by atoms with E-state index in [9.17, 15) is 4.79 Å². The first-order valence-corrected chi connectivity index (χ1v) is 7.16. The molecule has 0 bridgehead atoms. The number of nitrogens with two attached hydrogens (primary N) is 1. The molecule has 5 nitrogen and oxygen atoms in total. The lowest BCUT2D eigenvalue weighted by atomic mass is 10.2. The highest BCUT2D eigenvalue weighted by Gasteiger charge is 2.11. The highest BCUT2D eigenvalue weighted by molar-refractivity contribution is 5.81. The molecule has 0 aliphatic rings. The first-order valence-electron chi connectivity index (χ1n) is 7.16.